The van der Waals surface area contributed by atoms with Crippen molar-refractivity contribution in [3.8, 4) is 0 Å². The summed E-state index contributed by atoms with van der Waals surface area (Å²) in [6, 6.07) is 8.12. The lowest BCUT2D eigenvalue weighted by atomic mass is 10.2. The Morgan fingerprint density at radius 2 is 2.14 bits per heavy atom. The standard InChI is InChI=1S/C14H16ClN3O2S/c15-11-6-5-10(16)9-14(11)21(19,20)18-8-2-4-13(18)12-3-1-7-17-12/h1,3,5-7,9,13,17H,2,4,8,16H2. The van der Waals surface area contributed by atoms with Crippen LogP contribution in [0.25, 0.3) is 0 Å². The highest BCUT2D eigenvalue weighted by Gasteiger charge is 2.37. The number of H-pyrrole nitrogens is 1. The van der Waals surface area contributed by atoms with Gasteiger partial charge in [-0.05, 0) is 43.2 Å². The van der Waals surface area contributed by atoms with E-state index in [0.717, 1.165) is 18.5 Å². The van der Waals surface area contributed by atoms with Crippen molar-refractivity contribution in [1.82, 2.24) is 9.29 Å². The van der Waals surface area contributed by atoms with Crippen molar-refractivity contribution in [2.75, 3.05) is 12.3 Å². The molecule has 7 heteroatoms. The summed E-state index contributed by atoms with van der Waals surface area (Å²) in [6.45, 7) is 0.483. The van der Waals surface area contributed by atoms with Crippen LogP contribution in [0.5, 0.6) is 0 Å². The molecule has 3 rings (SSSR count). The van der Waals surface area contributed by atoms with Gasteiger partial charge in [-0.25, -0.2) is 8.42 Å². The van der Waals surface area contributed by atoms with Crippen LogP contribution in [0.3, 0.4) is 0 Å². The Morgan fingerprint density at radius 1 is 1.33 bits per heavy atom. The third kappa shape index (κ3) is 2.54. The molecule has 21 heavy (non-hydrogen) atoms. The van der Waals surface area contributed by atoms with Gasteiger partial charge in [0.1, 0.15) is 4.90 Å². The lowest BCUT2D eigenvalue weighted by molar-refractivity contribution is 0.391. The molecule has 0 radical (unpaired) electrons. The number of rotatable bonds is 3. The number of aromatic nitrogens is 1. The SMILES string of the molecule is Nc1ccc(Cl)c(S(=O)(=O)N2CCCC2c2ccc[nH]2)c1. The van der Waals surface area contributed by atoms with E-state index >= 15 is 0 Å². The lowest BCUT2D eigenvalue weighted by Gasteiger charge is -2.24. The first-order valence-electron chi connectivity index (χ1n) is 6.70. The highest BCUT2D eigenvalue weighted by molar-refractivity contribution is 7.89. The summed E-state index contributed by atoms with van der Waals surface area (Å²) in [5.74, 6) is 0. The van der Waals surface area contributed by atoms with Crippen molar-refractivity contribution in [1.29, 1.82) is 0 Å². The Morgan fingerprint density at radius 3 is 2.86 bits per heavy atom. The van der Waals surface area contributed by atoms with Crippen LogP contribution < -0.4 is 5.73 Å². The summed E-state index contributed by atoms with van der Waals surface area (Å²) in [5, 5.41) is 0.196. The van der Waals surface area contributed by atoms with Crippen LogP contribution in [0.15, 0.2) is 41.4 Å². The van der Waals surface area contributed by atoms with Crippen molar-refractivity contribution in [3.05, 3.63) is 47.2 Å². The molecular formula is C14H16ClN3O2S. The van der Waals surface area contributed by atoms with Gasteiger partial charge in [0.15, 0.2) is 0 Å². The van der Waals surface area contributed by atoms with Gasteiger partial charge < -0.3 is 10.7 Å². The van der Waals surface area contributed by atoms with Crippen LogP contribution in [-0.2, 0) is 10.0 Å². The summed E-state index contributed by atoms with van der Waals surface area (Å²) in [5.41, 5.74) is 6.99. The van der Waals surface area contributed by atoms with E-state index in [9.17, 15) is 8.42 Å². The van der Waals surface area contributed by atoms with Gasteiger partial charge in [-0.15, -0.1) is 0 Å². The first kappa shape index (κ1) is 14.4. The van der Waals surface area contributed by atoms with Crippen molar-refractivity contribution >= 4 is 27.3 Å². The van der Waals surface area contributed by atoms with Crippen molar-refractivity contribution in [3.63, 3.8) is 0 Å². The first-order chi connectivity index (χ1) is 10.00. The Bertz CT molecular complexity index is 744. The molecule has 0 spiro atoms. The Hall–Kier alpha value is -1.50. The quantitative estimate of drug-likeness (QED) is 0.852. The average molecular weight is 326 g/mol. The minimum Gasteiger partial charge on any atom is -0.399 e. The fourth-order valence-corrected chi connectivity index (χ4v) is 4.92. The van der Waals surface area contributed by atoms with E-state index in [1.165, 1.54) is 16.4 Å². The molecule has 1 aromatic carbocycles. The molecule has 0 saturated carbocycles. The number of hydrogen-bond acceptors (Lipinski definition) is 3. The van der Waals surface area contributed by atoms with E-state index in [1.54, 1.807) is 12.3 Å². The van der Waals surface area contributed by atoms with Crippen LogP contribution in [0.2, 0.25) is 5.02 Å². The monoisotopic (exact) mass is 325 g/mol. The summed E-state index contributed by atoms with van der Waals surface area (Å²) >= 11 is 6.06. The Kier molecular flexibility index (Phi) is 3.69. The largest absolute Gasteiger partial charge is 0.399 e. The molecule has 1 fully saturated rings. The highest BCUT2D eigenvalue weighted by Crippen LogP contribution is 2.37. The number of aromatic amines is 1. The second-order valence-electron chi connectivity index (χ2n) is 5.09. The summed E-state index contributed by atoms with van der Waals surface area (Å²) in [7, 11) is -3.67. The van der Waals surface area contributed by atoms with Crippen molar-refractivity contribution in [2.45, 2.75) is 23.8 Å². The summed E-state index contributed by atoms with van der Waals surface area (Å²) in [4.78, 5) is 3.17. The average Bonchev–Trinajstić information content (AvgIpc) is 3.10. The van der Waals surface area contributed by atoms with Gasteiger partial charge in [0.2, 0.25) is 10.0 Å². The molecule has 1 saturated heterocycles. The predicted octanol–water partition coefficient (Wildman–Crippen LogP) is 2.78. The fraction of sp³-hybridized carbons (Fsp3) is 0.286. The third-order valence-electron chi connectivity index (χ3n) is 3.73. The zero-order chi connectivity index (χ0) is 15.0. The van der Waals surface area contributed by atoms with Gasteiger partial charge in [0, 0.05) is 24.1 Å². The molecule has 2 heterocycles. The maximum Gasteiger partial charge on any atom is 0.245 e. The van der Waals surface area contributed by atoms with Crippen LogP contribution >= 0.6 is 11.6 Å². The number of sulfonamides is 1. The highest BCUT2D eigenvalue weighted by atomic mass is 35.5. The molecule has 1 unspecified atom stereocenters. The molecule has 0 bridgehead atoms. The molecule has 112 valence electrons. The molecule has 1 atom stereocenters. The molecule has 2 aromatic rings. The van der Waals surface area contributed by atoms with Gasteiger partial charge in [0.25, 0.3) is 0 Å². The Labute approximate surface area is 128 Å². The molecule has 5 nitrogen and oxygen atoms in total. The van der Waals surface area contributed by atoms with Crippen molar-refractivity contribution in [2.24, 2.45) is 0 Å². The molecule has 1 aliphatic rings. The predicted molar refractivity (Wildman–Crippen MR) is 82.5 cm³/mol. The number of halogens is 1. The van der Waals surface area contributed by atoms with E-state index in [-0.39, 0.29) is 16.0 Å². The number of nitrogens with one attached hydrogen (secondary N) is 1. The maximum atomic E-state index is 12.9. The van der Waals surface area contributed by atoms with Crippen molar-refractivity contribution < 1.29 is 8.42 Å². The Balaban J connectivity index is 2.03. The van der Waals surface area contributed by atoms with Gasteiger partial charge in [-0.2, -0.15) is 4.31 Å². The topological polar surface area (TPSA) is 79.2 Å². The number of hydrogen-bond donors (Lipinski definition) is 2. The smallest absolute Gasteiger partial charge is 0.245 e. The van der Waals surface area contributed by atoms with Gasteiger partial charge in [-0.1, -0.05) is 11.6 Å². The van der Waals surface area contributed by atoms with Crippen LogP contribution in [0.4, 0.5) is 5.69 Å². The molecule has 1 aromatic heterocycles. The first-order valence-corrected chi connectivity index (χ1v) is 8.52. The molecule has 0 amide bonds. The number of anilines is 1. The number of nitrogens with two attached hydrogens (primary N) is 1. The lowest BCUT2D eigenvalue weighted by Crippen LogP contribution is -2.31. The molecule has 3 N–H and O–H groups in total. The van der Waals surface area contributed by atoms with Gasteiger partial charge in [-0.3, -0.25) is 0 Å². The van der Waals surface area contributed by atoms with Gasteiger partial charge in [0.05, 0.1) is 11.1 Å². The van der Waals surface area contributed by atoms with E-state index in [4.69, 9.17) is 17.3 Å². The van der Waals surface area contributed by atoms with E-state index in [0.29, 0.717) is 12.2 Å². The van der Waals surface area contributed by atoms with E-state index < -0.39 is 10.0 Å². The summed E-state index contributed by atoms with van der Waals surface area (Å²) in [6.07, 6.45) is 3.41. The number of nitrogens with zero attached hydrogens (tertiary/aromatic N) is 1. The van der Waals surface area contributed by atoms with Crippen LogP contribution in [-0.4, -0.2) is 24.3 Å². The number of benzene rings is 1. The number of nitrogen functional groups attached to an aromatic ring is 1. The van der Waals surface area contributed by atoms with Gasteiger partial charge >= 0.3 is 0 Å². The minimum atomic E-state index is -3.67. The third-order valence-corrected chi connectivity index (χ3v) is 6.12. The second-order valence-corrected chi connectivity index (χ2v) is 7.36. The zero-order valence-corrected chi connectivity index (χ0v) is 12.9. The fourth-order valence-electron chi connectivity index (χ4n) is 2.73. The molecule has 1 aliphatic heterocycles. The normalized spacial score (nSPS) is 20.0. The maximum absolute atomic E-state index is 12.9. The van der Waals surface area contributed by atoms with E-state index in [1.807, 2.05) is 12.1 Å². The van der Waals surface area contributed by atoms with Crippen LogP contribution in [0, 0.1) is 0 Å². The molecule has 0 aliphatic carbocycles. The van der Waals surface area contributed by atoms with E-state index in [2.05, 4.69) is 4.98 Å². The second kappa shape index (κ2) is 5.36. The molecular weight excluding hydrogens is 310 g/mol. The van der Waals surface area contributed by atoms with Crippen LogP contribution in [0.1, 0.15) is 24.6 Å². The zero-order valence-electron chi connectivity index (χ0n) is 11.3. The minimum absolute atomic E-state index is 0.0719. The summed E-state index contributed by atoms with van der Waals surface area (Å²) < 4.78 is 27.3.